The van der Waals surface area contributed by atoms with Gasteiger partial charge in [-0.1, -0.05) is 12.1 Å². The van der Waals surface area contributed by atoms with Crippen LogP contribution in [0, 0.1) is 17.0 Å². The Kier molecular flexibility index (Phi) is 6.32. The number of rotatable bonds is 7. The summed E-state index contributed by atoms with van der Waals surface area (Å²) in [6, 6.07) is 16.3. The Balaban J connectivity index is 1.41. The van der Waals surface area contributed by atoms with Gasteiger partial charge in [0.1, 0.15) is 24.2 Å². The molecule has 0 spiro atoms. The number of aromatic nitrogens is 3. The van der Waals surface area contributed by atoms with Crippen molar-refractivity contribution in [3.8, 4) is 22.8 Å². The van der Waals surface area contributed by atoms with Crippen LogP contribution in [0.25, 0.3) is 16.9 Å². The van der Waals surface area contributed by atoms with Gasteiger partial charge in [-0.15, -0.1) is 0 Å². The van der Waals surface area contributed by atoms with Crippen molar-refractivity contribution in [3.05, 3.63) is 82.2 Å². The van der Waals surface area contributed by atoms with Gasteiger partial charge < -0.3 is 18.9 Å². The van der Waals surface area contributed by atoms with E-state index in [1.165, 1.54) is 28.8 Å². The second-order valence-corrected chi connectivity index (χ2v) is 8.93. The summed E-state index contributed by atoms with van der Waals surface area (Å²) in [5, 5.41) is 15.5. The number of nitro groups is 1. The molecule has 11 heteroatoms. The van der Waals surface area contributed by atoms with E-state index < -0.39 is 16.7 Å². The highest BCUT2D eigenvalue weighted by molar-refractivity contribution is 5.91. The molecule has 0 bridgehead atoms. The molecule has 1 fully saturated rings. The zero-order chi connectivity index (χ0) is 26.2. The number of para-hydroxylation sites is 1. The van der Waals surface area contributed by atoms with Crippen LogP contribution in [0.15, 0.2) is 60.7 Å². The number of esters is 1. The van der Waals surface area contributed by atoms with Crippen molar-refractivity contribution in [2.45, 2.75) is 32.7 Å². The van der Waals surface area contributed by atoms with Gasteiger partial charge in [-0.2, -0.15) is 5.10 Å². The smallest absolute Gasteiger partial charge is 0.364 e. The molecule has 2 aromatic carbocycles. The van der Waals surface area contributed by atoms with Crippen LogP contribution in [0.3, 0.4) is 0 Å². The predicted molar refractivity (Wildman–Crippen MR) is 132 cm³/mol. The van der Waals surface area contributed by atoms with Crippen LogP contribution in [-0.4, -0.2) is 50.6 Å². The third kappa shape index (κ3) is 5.13. The van der Waals surface area contributed by atoms with Crippen molar-refractivity contribution in [1.82, 2.24) is 14.6 Å². The van der Waals surface area contributed by atoms with E-state index in [9.17, 15) is 14.9 Å². The Hall–Kier alpha value is -4.35. The fraction of sp³-hybridized carbons (Fsp3) is 0.269. The first kappa shape index (κ1) is 24.3. The van der Waals surface area contributed by atoms with Crippen LogP contribution in [-0.2, 0) is 9.47 Å². The topological polar surface area (TPSA) is 127 Å². The van der Waals surface area contributed by atoms with Gasteiger partial charge in [-0.25, -0.2) is 14.3 Å². The summed E-state index contributed by atoms with van der Waals surface area (Å²) >= 11 is 0. The molecule has 0 saturated carbocycles. The molecule has 3 heterocycles. The van der Waals surface area contributed by atoms with Gasteiger partial charge in [0.05, 0.1) is 22.9 Å². The van der Waals surface area contributed by atoms with E-state index in [1.54, 1.807) is 19.1 Å². The average Bonchev–Trinajstić information content (AvgIpc) is 3.40. The van der Waals surface area contributed by atoms with E-state index in [1.807, 2.05) is 38.1 Å². The van der Waals surface area contributed by atoms with Crippen LogP contribution in [0.5, 0.6) is 11.5 Å². The fourth-order valence-electron chi connectivity index (χ4n) is 4.04. The summed E-state index contributed by atoms with van der Waals surface area (Å²) in [4.78, 5) is 27.8. The van der Waals surface area contributed by atoms with E-state index in [0.29, 0.717) is 36.0 Å². The molecule has 1 saturated heterocycles. The van der Waals surface area contributed by atoms with Crippen molar-refractivity contribution < 1.29 is 28.7 Å². The molecule has 190 valence electrons. The lowest BCUT2D eigenvalue weighted by molar-refractivity contribution is -0.384. The Labute approximate surface area is 211 Å². The zero-order valence-electron chi connectivity index (χ0n) is 20.4. The lowest BCUT2D eigenvalue weighted by Gasteiger charge is -2.18. The Bertz CT molecular complexity index is 1480. The first-order chi connectivity index (χ1) is 17.7. The van der Waals surface area contributed by atoms with E-state index in [-0.39, 0.29) is 23.2 Å². The minimum Gasteiger partial charge on any atom is -0.490 e. The van der Waals surface area contributed by atoms with Crippen LogP contribution in [0.4, 0.5) is 5.69 Å². The summed E-state index contributed by atoms with van der Waals surface area (Å²) in [6.45, 7) is 6.14. The molecular formula is C26H24N4O7. The number of hydrogen-bond donors (Lipinski definition) is 0. The van der Waals surface area contributed by atoms with Crippen LogP contribution >= 0.6 is 0 Å². The summed E-state index contributed by atoms with van der Waals surface area (Å²) in [6.07, 6.45) is -0.199. The molecule has 5 rings (SSSR count). The van der Waals surface area contributed by atoms with Crippen molar-refractivity contribution in [2.24, 2.45) is 0 Å². The lowest BCUT2D eigenvalue weighted by Crippen LogP contribution is -2.25. The second kappa shape index (κ2) is 9.60. The summed E-state index contributed by atoms with van der Waals surface area (Å²) in [5.41, 5.74) is 2.23. The van der Waals surface area contributed by atoms with Gasteiger partial charge in [-0.3, -0.25) is 10.1 Å². The van der Waals surface area contributed by atoms with Crippen molar-refractivity contribution in [1.29, 1.82) is 0 Å². The second-order valence-electron chi connectivity index (χ2n) is 8.93. The first-order valence-electron chi connectivity index (χ1n) is 11.6. The van der Waals surface area contributed by atoms with Crippen molar-refractivity contribution in [3.63, 3.8) is 0 Å². The van der Waals surface area contributed by atoms with Gasteiger partial charge in [0.15, 0.2) is 17.1 Å². The summed E-state index contributed by atoms with van der Waals surface area (Å²) < 4.78 is 24.4. The first-order valence-corrected chi connectivity index (χ1v) is 11.6. The number of nitrogens with zero attached hydrogens (tertiary/aromatic N) is 4. The number of carbonyl (C=O) groups excluding carboxylic acids is 1. The van der Waals surface area contributed by atoms with E-state index in [0.717, 1.165) is 5.56 Å². The SMILES string of the molecule is Cc1nc2ccc(-c3ccccc3OCC3COC(C)(C)O3)nn2c1C(=O)Oc1ccc([N+](=O)[O-])cc1. The molecule has 0 N–H and O–H groups in total. The number of imidazole rings is 1. The number of aryl methyl sites for hydroxylation is 1. The molecule has 2 aromatic heterocycles. The molecule has 0 aliphatic carbocycles. The molecule has 0 amide bonds. The number of ether oxygens (including phenoxy) is 4. The Morgan fingerprint density at radius 2 is 1.92 bits per heavy atom. The molecular weight excluding hydrogens is 480 g/mol. The van der Waals surface area contributed by atoms with E-state index in [2.05, 4.69) is 10.1 Å². The number of fused-ring (bicyclic) bond motifs is 1. The predicted octanol–water partition coefficient (Wildman–Crippen LogP) is 4.36. The van der Waals surface area contributed by atoms with Crippen LogP contribution < -0.4 is 9.47 Å². The molecule has 1 atom stereocenters. The number of hydrogen-bond acceptors (Lipinski definition) is 9. The molecule has 1 aliphatic rings. The van der Waals surface area contributed by atoms with Gasteiger partial charge in [0, 0.05) is 17.7 Å². The standard InChI is InChI=1S/C26H24N4O7/c1-16-24(25(31)36-18-10-8-17(9-11-18)30(32)33)29-23(27-16)13-12-21(28-29)20-6-4-5-7-22(20)34-14-19-15-35-26(2,3)37-19/h4-13,19H,14-15H2,1-3H3. The summed E-state index contributed by atoms with van der Waals surface area (Å²) in [7, 11) is 0. The minimum absolute atomic E-state index is 0.103. The number of benzene rings is 2. The van der Waals surface area contributed by atoms with Crippen molar-refractivity contribution >= 4 is 17.3 Å². The van der Waals surface area contributed by atoms with Gasteiger partial charge in [0.25, 0.3) is 5.69 Å². The normalized spacial score (nSPS) is 16.6. The fourth-order valence-corrected chi connectivity index (χ4v) is 4.04. The largest absolute Gasteiger partial charge is 0.490 e. The van der Waals surface area contributed by atoms with Gasteiger partial charge in [-0.05, 0) is 57.2 Å². The van der Waals surface area contributed by atoms with Crippen LogP contribution in [0.1, 0.15) is 30.0 Å². The molecule has 4 aromatic rings. The Morgan fingerprint density at radius 1 is 1.16 bits per heavy atom. The summed E-state index contributed by atoms with van der Waals surface area (Å²) in [5.74, 6) is -0.552. The quantitative estimate of drug-likeness (QED) is 0.156. The van der Waals surface area contributed by atoms with E-state index >= 15 is 0 Å². The highest BCUT2D eigenvalue weighted by Gasteiger charge is 2.33. The molecule has 37 heavy (non-hydrogen) atoms. The van der Waals surface area contributed by atoms with Gasteiger partial charge >= 0.3 is 5.97 Å². The number of carbonyl (C=O) groups is 1. The average molecular weight is 504 g/mol. The third-order valence-corrected chi connectivity index (χ3v) is 5.76. The van der Waals surface area contributed by atoms with Gasteiger partial charge in [0.2, 0.25) is 0 Å². The highest BCUT2D eigenvalue weighted by Crippen LogP contribution is 2.30. The van der Waals surface area contributed by atoms with Crippen molar-refractivity contribution in [2.75, 3.05) is 13.2 Å². The Morgan fingerprint density at radius 3 is 2.62 bits per heavy atom. The van der Waals surface area contributed by atoms with E-state index in [4.69, 9.17) is 18.9 Å². The maximum Gasteiger partial charge on any atom is 0.364 e. The minimum atomic E-state index is -0.686. The lowest BCUT2D eigenvalue weighted by atomic mass is 10.1. The van der Waals surface area contributed by atoms with Crippen LogP contribution in [0.2, 0.25) is 0 Å². The zero-order valence-corrected chi connectivity index (χ0v) is 20.4. The highest BCUT2D eigenvalue weighted by atomic mass is 16.7. The monoisotopic (exact) mass is 504 g/mol. The maximum atomic E-state index is 13.0. The third-order valence-electron chi connectivity index (χ3n) is 5.76. The maximum absolute atomic E-state index is 13.0. The molecule has 1 unspecified atom stereocenters. The number of non-ortho nitro benzene ring substituents is 1. The number of nitro benzene ring substituents is 1. The molecule has 11 nitrogen and oxygen atoms in total. The molecule has 1 aliphatic heterocycles. The molecule has 0 radical (unpaired) electrons.